The quantitative estimate of drug-likeness (QED) is 0.101. The Morgan fingerprint density at radius 1 is 0.868 bits per heavy atom. The molecule has 0 unspecified atom stereocenters. The second kappa shape index (κ2) is 11.0. The molecule has 0 spiro atoms. The van der Waals surface area contributed by atoms with Crippen molar-refractivity contribution in [2.24, 2.45) is 0 Å². The first-order chi connectivity index (χ1) is 18.5. The number of hydrogen-bond donors (Lipinski definition) is 0. The molecule has 0 saturated carbocycles. The first kappa shape index (κ1) is 24.7. The van der Waals surface area contributed by atoms with Crippen LogP contribution < -0.4 is 5.63 Å². The van der Waals surface area contributed by atoms with Crippen LogP contribution in [-0.2, 0) is 12.8 Å². The van der Waals surface area contributed by atoms with Gasteiger partial charge >= 0.3 is 5.63 Å². The largest absolute Gasteiger partial charge is 0.422 e. The number of allylic oxidation sites excluding steroid dienone is 1. The molecule has 5 rings (SSSR count). The maximum absolute atomic E-state index is 12.9. The molecule has 0 N–H and O–H groups in total. The van der Waals surface area contributed by atoms with Crippen molar-refractivity contribution < 1.29 is 9.34 Å². The number of nitrogens with zero attached hydrogens (tertiary/aromatic N) is 1. The Balaban J connectivity index is 1.45. The predicted octanol–water partition coefficient (Wildman–Crippen LogP) is 7.43. The second-order valence-corrected chi connectivity index (χ2v) is 9.09. The average Bonchev–Trinajstić information content (AvgIpc) is 2.94. The van der Waals surface area contributed by atoms with Gasteiger partial charge in [0, 0.05) is 35.1 Å². The molecule has 0 aliphatic carbocycles. The molecular formula is C33H25NO4. The first-order valence-electron chi connectivity index (χ1n) is 12.3. The van der Waals surface area contributed by atoms with Gasteiger partial charge in [-0.2, -0.15) is 0 Å². The summed E-state index contributed by atoms with van der Waals surface area (Å²) in [6, 6.07) is 32.5. The van der Waals surface area contributed by atoms with E-state index in [9.17, 15) is 14.9 Å². The van der Waals surface area contributed by atoms with E-state index < -0.39 is 10.5 Å². The van der Waals surface area contributed by atoms with Crippen molar-refractivity contribution in [3.63, 3.8) is 0 Å². The summed E-state index contributed by atoms with van der Waals surface area (Å²) in [5.74, 6) is 0. The molecule has 0 saturated heterocycles. The maximum Gasteiger partial charge on any atom is 0.340 e. The van der Waals surface area contributed by atoms with Crippen LogP contribution in [-0.4, -0.2) is 4.92 Å². The van der Waals surface area contributed by atoms with Gasteiger partial charge < -0.3 is 4.42 Å². The van der Waals surface area contributed by atoms with Gasteiger partial charge in [0.25, 0.3) is 5.69 Å². The molecule has 0 aliphatic rings. The van der Waals surface area contributed by atoms with E-state index in [0.717, 1.165) is 33.2 Å². The summed E-state index contributed by atoms with van der Waals surface area (Å²) < 4.78 is 5.70. The van der Waals surface area contributed by atoms with Crippen molar-refractivity contribution in [1.82, 2.24) is 0 Å². The summed E-state index contributed by atoms with van der Waals surface area (Å²) in [5, 5.41) is 12.0. The van der Waals surface area contributed by atoms with Gasteiger partial charge in [0.2, 0.25) is 0 Å². The van der Waals surface area contributed by atoms with Gasteiger partial charge in [-0.25, -0.2) is 4.79 Å². The maximum atomic E-state index is 12.9. The van der Waals surface area contributed by atoms with Crippen molar-refractivity contribution in [3.05, 3.63) is 169 Å². The molecule has 38 heavy (non-hydrogen) atoms. The highest BCUT2D eigenvalue weighted by atomic mass is 16.6. The van der Waals surface area contributed by atoms with Crippen molar-refractivity contribution >= 4 is 22.2 Å². The van der Waals surface area contributed by atoms with Crippen molar-refractivity contribution in [2.45, 2.75) is 19.8 Å². The third-order valence-electron chi connectivity index (χ3n) is 6.56. The van der Waals surface area contributed by atoms with E-state index in [1.807, 2.05) is 67.6 Å². The first-order valence-corrected chi connectivity index (χ1v) is 12.3. The Hall–Kier alpha value is -4.99. The van der Waals surface area contributed by atoms with E-state index in [4.69, 9.17) is 4.42 Å². The second-order valence-electron chi connectivity index (χ2n) is 9.09. The highest BCUT2D eigenvalue weighted by Gasteiger charge is 2.14. The standard InChI is InChI=1S/C33H25NO4/c1-23-29-19-18-24(10-9-17-30(26-12-4-2-5-13-26)27-14-6-3-7-15-27)22-32(29)38-33(35)31(23)21-25-11-8-16-28(20-25)34(36)37/h2-9,11-16,18-20,22H,10,21H2,1H3. The third-order valence-corrected chi connectivity index (χ3v) is 6.56. The number of aryl methyl sites for hydroxylation is 1. The molecule has 1 heterocycles. The molecule has 1 aromatic heterocycles. The Morgan fingerprint density at radius 2 is 1.55 bits per heavy atom. The van der Waals surface area contributed by atoms with Gasteiger partial charge in [-0.3, -0.25) is 10.1 Å². The number of rotatable bonds is 7. The summed E-state index contributed by atoms with van der Waals surface area (Å²) in [6.07, 6.45) is 2.89. The number of nitro benzene ring substituents is 1. The number of non-ortho nitro benzene ring substituents is 1. The van der Waals surface area contributed by atoms with Gasteiger partial charge in [0.1, 0.15) is 5.58 Å². The molecule has 5 heteroatoms. The van der Waals surface area contributed by atoms with Crippen LogP contribution in [0.15, 0.2) is 124 Å². The number of benzene rings is 4. The van der Waals surface area contributed by atoms with Crippen LogP contribution in [0.5, 0.6) is 0 Å². The fraction of sp³-hybridized carbons (Fsp3) is 0.0909. The minimum Gasteiger partial charge on any atom is -0.422 e. The lowest BCUT2D eigenvalue weighted by Crippen LogP contribution is -2.11. The molecule has 0 radical (unpaired) electrons. The van der Waals surface area contributed by atoms with Crippen molar-refractivity contribution in [2.75, 3.05) is 0 Å². The molecule has 0 aliphatic heterocycles. The van der Waals surface area contributed by atoms with Crippen LogP contribution in [0.25, 0.3) is 16.5 Å². The van der Waals surface area contributed by atoms with Crippen LogP contribution >= 0.6 is 0 Å². The molecular weight excluding hydrogens is 474 g/mol. The number of hydrogen-bond acceptors (Lipinski definition) is 4. The topological polar surface area (TPSA) is 73.3 Å². The molecule has 186 valence electrons. The molecule has 0 amide bonds. The van der Waals surface area contributed by atoms with Gasteiger partial charge in [-0.15, -0.1) is 5.73 Å². The van der Waals surface area contributed by atoms with Crippen LogP contribution in [0, 0.1) is 17.0 Å². The molecule has 5 aromatic rings. The average molecular weight is 500 g/mol. The van der Waals surface area contributed by atoms with E-state index in [-0.39, 0.29) is 12.1 Å². The smallest absolute Gasteiger partial charge is 0.340 e. The lowest BCUT2D eigenvalue weighted by molar-refractivity contribution is -0.384. The van der Waals surface area contributed by atoms with Gasteiger partial charge in [-0.05, 0) is 53.3 Å². The van der Waals surface area contributed by atoms with Gasteiger partial charge in [0.05, 0.1) is 4.92 Å². The van der Waals surface area contributed by atoms with Gasteiger partial charge in [0.15, 0.2) is 0 Å². The fourth-order valence-corrected chi connectivity index (χ4v) is 4.57. The normalized spacial score (nSPS) is 10.7. The molecule has 5 nitrogen and oxygen atoms in total. The minimum atomic E-state index is -0.437. The highest BCUT2D eigenvalue weighted by Crippen LogP contribution is 2.25. The zero-order valence-electron chi connectivity index (χ0n) is 20.9. The van der Waals surface area contributed by atoms with E-state index in [1.54, 1.807) is 12.1 Å². The van der Waals surface area contributed by atoms with Gasteiger partial charge in [-0.1, -0.05) is 84.9 Å². The highest BCUT2D eigenvalue weighted by molar-refractivity contribution is 5.82. The molecule has 0 fully saturated rings. The minimum absolute atomic E-state index is 0.000220. The van der Waals surface area contributed by atoms with Crippen molar-refractivity contribution in [1.29, 1.82) is 0 Å². The third kappa shape index (κ3) is 5.39. The summed E-state index contributed by atoms with van der Waals surface area (Å²) in [6.45, 7) is 1.89. The van der Waals surface area contributed by atoms with Crippen LogP contribution in [0.2, 0.25) is 0 Å². The fourth-order valence-electron chi connectivity index (χ4n) is 4.57. The van der Waals surface area contributed by atoms with Crippen LogP contribution in [0.4, 0.5) is 5.69 Å². The van der Waals surface area contributed by atoms with Crippen molar-refractivity contribution in [3.8, 4) is 0 Å². The van der Waals surface area contributed by atoms with E-state index in [2.05, 4.69) is 30.0 Å². The van der Waals surface area contributed by atoms with Crippen LogP contribution in [0.3, 0.4) is 0 Å². The van der Waals surface area contributed by atoms with E-state index >= 15 is 0 Å². The lowest BCUT2D eigenvalue weighted by atomic mass is 9.97. The lowest BCUT2D eigenvalue weighted by Gasteiger charge is -2.09. The SMILES string of the molecule is Cc1c(Cc2cccc([N+](=O)[O-])c2)c(=O)oc2cc(CC=C=C(c3ccccc3)c3ccccc3)ccc12. The zero-order valence-corrected chi connectivity index (χ0v) is 20.9. The summed E-state index contributed by atoms with van der Waals surface area (Å²) >= 11 is 0. The summed E-state index contributed by atoms with van der Waals surface area (Å²) in [7, 11) is 0. The van der Waals surface area contributed by atoms with E-state index in [0.29, 0.717) is 23.1 Å². The zero-order chi connectivity index (χ0) is 26.5. The molecule has 4 aromatic carbocycles. The monoisotopic (exact) mass is 499 g/mol. The molecule has 0 atom stereocenters. The Labute approximate surface area is 220 Å². The number of nitro groups is 1. The summed E-state index contributed by atoms with van der Waals surface area (Å²) in [5.41, 5.74) is 9.78. The Morgan fingerprint density at radius 3 is 2.21 bits per heavy atom. The number of fused-ring (bicyclic) bond motifs is 1. The summed E-state index contributed by atoms with van der Waals surface area (Å²) in [4.78, 5) is 23.6. The molecule has 0 bridgehead atoms. The van der Waals surface area contributed by atoms with E-state index in [1.165, 1.54) is 12.1 Å². The Bertz CT molecular complexity index is 1700. The Kier molecular flexibility index (Phi) is 7.12. The van der Waals surface area contributed by atoms with Crippen LogP contribution in [0.1, 0.15) is 33.4 Å². The predicted molar refractivity (Wildman–Crippen MR) is 150 cm³/mol.